The standard InChI is InChI=1S/C18H22ClN/c1-5-18(20-4)15-8-6-14(7-9-15)16-10-13(3)17(19)11-12(16)2/h6-11,18,20H,5H2,1-4H3. The molecule has 0 heterocycles. The minimum absolute atomic E-state index is 0.428. The van der Waals surface area contributed by atoms with Crippen molar-refractivity contribution in [2.24, 2.45) is 0 Å². The van der Waals surface area contributed by atoms with Gasteiger partial charge in [-0.3, -0.25) is 0 Å². The van der Waals surface area contributed by atoms with E-state index in [0.717, 1.165) is 17.0 Å². The predicted octanol–water partition coefficient (Wildman–Crippen LogP) is 5.29. The van der Waals surface area contributed by atoms with Gasteiger partial charge >= 0.3 is 0 Å². The van der Waals surface area contributed by atoms with Crippen LogP contribution in [0.5, 0.6) is 0 Å². The molecule has 2 aromatic rings. The van der Waals surface area contributed by atoms with E-state index in [9.17, 15) is 0 Å². The lowest BCUT2D eigenvalue weighted by atomic mass is 9.96. The van der Waals surface area contributed by atoms with Gasteiger partial charge in [0.2, 0.25) is 0 Å². The molecule has 0 aliphatic carbocycles. The van der Waals surface area contributed by atoms with Crippen LogP contribution in [0.3, 0.4) is 0 Å². The molecule has 20 heavy (non-hydrogen) atoms. The molecule has 1 atom stereocenters. The highest BCUT2D eigenvalue weighted by atomic mass is 35.5. The van der Waals surface area contributed by atoms with E-state index in [2.05, 4.69) is 49.5 Å². The third-order valence-electron chi connectivity index (χ3n) is 3.89. The molecule has 0 radical (unpaired) electrons. The molecule has 0 saturated heterocycles. The van der Waals surface area contributed by atoms with Gasteiger partial charge in [0.05, 0.1) is 0 Å². The van der Waals surface area contributed by atoms with Crippen LogP contribution in [0.4, 0.5) is 0 Å². The molecule has 2 aromatic carbocycles. The van der Waals surface area contributed by atoms with Gasteiger partial charge in [-0.25, -0.2) is 0 Å². The summed E-state index contributed by atoms with van der Waals surface area (Å²) < 4.78 is 0. The van der Waals surface area contributed by atoms with Crippen molar-refractivity contribution in [2.75, 3.05) is 7.05 Å². The highest BCUT2D eigenvalue weighted by Gasteiger charge is 2.08. The summed E-state index contributed by atoms with van der Waals surface area (Å²) in [5.41, 5.74) is 6.18. The van der Waals surface area contributed by atoms with Gasteiger partial charge in [0.25, 0.3) is 0 Å². The third-order valence-corrected chi connectivity index (χ3v) is 4.29. The number of benzene rings is 2. The van der Waals surface area contributed by atoms with Crippen molar-refractivity contribution in [1.29, 1.82) is 0 Å². The summed E-state index contributed by atoms with van der Waals surface area (Å²) in [5.74, 6) is 0. The van der Waals surface area contributed by atoms with Crippen molar-refractivity contribution in [3.8, 4) is 11.1 Å². The van der Waals surface area contributed by atoms with Gasteiger partial charge < -0.3 is 5.32 Å². The van der Waals surface area contributed by atoms with Crippen molar-refractivity contribution in [3.05, 3.63) is 58.1 Å². The van der Waals surface area contributed by atoms with Crippen LogP contribution in [0.1, 0.15) is 36.1 Å². The van der Waals surface area contributed by atoms with Gasteiger partial charge in [-0.1, -0.05) is 42.8 Å². The minimum atomic E-state index is 0.428. The fourth-order valence-electron chi connectivity index (χ4n) is 2.59. The molecule has 0 aliphatic rings. The number of rotatable bonds is 4. The predicted molar refractivity (Wildman–Crippen MR) is 88.5 cm³/mol. The lowest BCUT2D eigenvalue weighted by Crippen LogP contribution is -2.14. The molecule has 0 aromatic heterocycles. The van der Waals surface area contributed by atoms with Gasteiger partial charge in [0.15, 0.2) is 0 Å². The Balaban J connectivity index is 2.37. The zero-order valence-corrected chi connectivity index (χ0v) is 13.4. The van der Waals surface area contributed by atoms with E-state index in [1.165, 1.54) is 22.3 Å². The van der Waals surface area contributed by atoms with Crippen LogP contribution in [0.25, 0.3) is 11.1 Å². The average Bonchev–Trinajstić information content (AvgIpc) is 2.45. The van der Waals surface area contributed by atoms with Crippen LogP contribution >= 0.6 is 11.6 Å². The maximum atomic E-state index is 6.17. The lowest BCUT2D eigenvalue weighted by molar-refractivity contribution is 0.577. The zero-order valence-electron chi connectivity index (χ0n) is 12.6. The topological polar surface area (TPSA) is 12.0 Å². The normalized spacial score (nSPS) is 12.4. The molecule has 2 heteroatoms. The highest BCUT2D eigenvalue weighted by Crippen LogP contribution is 2.29. The van der Waals surface area contributed by atoms with E-state index in [-0.39, 0.29) is 0 Å². The Morgan fingerprint density at radius 1 is 1.05 bits per heavy atom. The van der Waals surface area contributed by atoms with Crippen molar-refractivity contribution < 1.29 is 0 Å². The summed E-state index contributed by atoms with van der Waals surface area (Å²) in [6.45, 7) is 6.35. The molecule has 2 rings (SSSR count). The highest BCUT2D eigenvalue weighted by molar-refractivity contribution is 6.31. The second-order valence-electron chi connectivity index (χ2n) is 5.29. The Hall–Kier alpha value is -1.31. The van der Waals surface area contributed by atoms with E-state index in [1.54, 1.807) is 0 Å². The summed E-state index contributed by atoms with van der Waals surface area (Å²) >= 11 is 6.17. The third kappa shape index (κ3) is 3.05. The molecule has 1 N–H and O–H groups in total. The summed E-state index contributed by atoms with van der Waals surface area (Å²) in [6.07, 6.45) is 1.09. The van der Waals surface area contributed by atoms with Crippen LogP contribution in [0.15, 0.2) is 36.4 Å². The molecule has 0 bridgehead atoms. The number of halogens is 1. The second kappa shape index (κ2) is 6.43. The van der Waals surface area contributed by atoms with Gasteiger partial charge in [-0.15, -0.1) is 0 Å². The first-order valence-electron chi connectivity index (χ1n) is 7.11. The Bertz CT molecular complexity index is 583. The lowest BCUT2D eigenvalue weighted by Gasteiger charge is -2.15. The van der Waals surface area contributed by atoms with Gasteiger partial charge in [-0.05, 0) is 67.3 Å². The first-order chi connectivity index (χ1) is 9.56. The van der Waals surface area contributed by atoms with Crippen LogP contribution in [0.2, 0.25) is 5.02 Å². The summed E-state index contributed by atoms with van der Waals surface area (Å²) in [6, 6.07) is 13.5. The Morgan fingerprint density at radius 3 is 2.25 bits per heavy atom. The molecule has 106 valence electrons. The summed E-state index contributed by atoms with van der Waals surface area (Å²) in [5, 5.41) is 4.17. The van der Waals surface area contributed by atoms with Crippen LogP contribution in [-0.2, 0) is 0 Å². The molecule has 1 unspecified atom stereocenters. The number of hydrogen-bond donors (Lipinski definition) is 1. The Kier molecular flexibility index (Phi) is 4.85. The fraction of sp³-hybridized carbons (Fsp3) is 0.333. The van der Waals surface area contributed by atoms with Crippen molar-refractivity contribution in [1.82, 2.24) is 5.32 Å². The number of hydrogen-bond acceptors (Lipinski definition) is 1. The quantitative estimate of drug-likeness (QED) is 0.805. The van der Waals surface area contributed by atoms with Crippen molar-refractivity contribution in [2.45, 2.75) is 33.2 Å². The van der Waals surface area contributed by atoms with Gasteiger partial charge in [0.1, 0.15) is 0 Å². The van der Waals surface area contributed by atoms with Crippen molar-refractivity contribution in [3.63, 3.8) is 0 Å². The molecule has 0 aliphatic heterocycles. The monoisotopic (exact) mass is 287 g/mol. The van der Waals surface area contributed by atoms with Gasteiger partial charge in [-0.2, -0.15) is 0 Å². The van der Waals surface area contributed by atoms with Crippen molar-refractivity contribution >= 4 is 11.6 Å². The molecule has 0 spiro atoms. The number of aryl methyl sites for hydroxylation is 2. The first kappa shape index (κ1) is 15.1. The van der Waals surface area contributed by atoms with E-state index >= 15 is 0 Å². The van der Waals surface area contributed by atoms with Gasteiger partial charge in [0, 0.05) is 11.1 Å². The van der Waals surface area contributed by atoms with E-state index in [1.807, 2.05) is 20.0 Å². The maximum Gasteiger partial charge on any atom is 0.0438 e. The Morgan fingerprint density at radius 2 is 1.70 bits per heavy atom. The smallest absolute Gasteiger partial charge is 0.0438 e. The fourth-order valence-corrected chi connectivity index (χ4v) is 2.81. The summed E-state index contributed by atoms with van der Waals surface area (Å²) in [7, 11) is 2.01. The maximum absolute atomic E-state index is 6.17. The Labute approximate surface area is 127 Å². The van der Waals surface area contributed by atoms with Crippen LogP contribution < -0.4 is 5.32 Å². The average molecular weight is 288 g/mol. The molecule has 0 amide bonds. The molecule has 0 saturated carbocycles. The molecule has 1 nitrogen and oxygen atoms in total. The second-order valence-corrected chi connectivity index (χ2v) is 5.70. The van der Waals surface area contributed by atoms with Crippen LogP contribution in [0, 0.1) is 13.8 Å². The van der Waals surface area contributed by atoms with Crippen LogP contribution in [-0.4, -0.2) is 7.05 Å². The van der Waals surface area contributed by atoms with E-state index in [4.69, 9.17) is 11.6 Å². The van der Waals surface area contributed by atoms with E-state index in [0.29, 0.717) is 6.04 Å². The molecule has 0 fully saturated rings. The zero-order chi connectivity index (χ0) is 14.7. The largest absolute Gasteiger partial charge is 0.313 e. The number of nitrogens with one attached hydrogen (secondary N) is 1. The summed E-state index contributed by atoms with van der Waals surface area (Å²) in [4.78, 5) is 0. The molecular formula is C18H22ClN. The molecular weight excluding hydrogens is 266 g/mol. The first-order valence-corrected chi connectivity index (χ1v) is 7.49. The minimum Gasteiger partial charge on any atom is -0.313 e. The van der Waals surface area contributed by atoms with E-state index < -0.39 is 0 Å². The SMILES string of the molecule is CCC(NC)c1ccc(-c2cc(C)c(Cl)cc2C)cc1.